The van der Waals surface area contributed by atoms with Gasteiger partial charge in [0.15, 0.2) is 0 Å². The van der Waals surface area contributed by atoms with Gasteiger partial charge in [0, 0.05) is 30.0 Å². The smallest absolute Gasteiger partial charge is 0.256 e. The summed E-state index contributed by atoms with van der Waals surface area (Å²) in [5, 5.41) is 6.70. The molecule has 2 amide bonds. The van der Waals surface area contributed by atoms with Crippen LogP contribution in [0.15, 0.2) is 42.6 Å². The van der Waals surface area contributed by atoms with Gasteiger partial charge in [0.05, 0.1) is 17.2 Å². The molecule has 0 saturated carbocycles. The summed E-state index contributed by atoms with van der Waals surface area (Å²) in [5.74, 6) is -0.0758. The zero-order valence-corrected chi connectivity index (χ0v) is 14.5. The number of para-hydroxylation sites is 1. The van der Waals surface area contributed by atoms with Gasteiger partial charge < -0.3 is 15.5 Å². The van der Waals surface area contributed by atoms with Crippen LogP contribution in [0.2, 0.25) is 0 Å². The average Bonchev–Trinajstić information content (AvgIpc) is 3.17. The zero-order chi connectivity index (χ0) is 17.9. The number of aromatic nitrogens is 1. The van der Waals surface area contributed by atoms with Crippen molar-refractivity contribution in [3.63, 3.8) is 0 Å². The molecule has 6 heteroatoms. The Kier molecular flexibility index (Phi) is 3.13. The summed E-state index contributed by atoms with van der Waals surface area (Å²) in [7, 11) is 0. The number of aryl methyl sites for hydroxylation is 1. The predicted octanol–water partition coefficient (Wildman–Crippen LogP) is 2.32. The van der Waals surface area contributed by atoms with E-state index in [4.69, 9.17) is 0 Å². The quantitative estimate of drug-likeness (QED) is 0.829. The van der Waals surface area contributed by atoms with Crippen molar-refractivity contribution in [1.29, 1.82) is 0 Å². The number of nitrogens with zero attached hydrogens (tertiary/aromatic N) is 2. The van der Waals surface area contributed by atoms with Gasteiger partial charge in [-0.3, -0.25) is 14.6 Å². The maximum Gasteiger partial charge on any atom is 0.256 e. The fourth-order valence-corrected chi connectivity index (χ4v) is 4.73. The second-order valence-electron chi connectivity index (χ2n) is 7.45. The molecule has 1 aromatic heterocycles. The van der Waals surface area contributed by atoms with E-state index in [1.165, 1.54) is 0 Å². The minimum absolute atomic E-state index is 0.00298. The van der Waals surface area contributed by atoms with E-state index in [1.54, 1.807) is 6.20 Å². The summed E-state index contributed by atoms with van der Waals surface area (Å²) in [5.41, 5.74) is 2.41. The van der Waals surface area contributed by atoms with Crippen LogP contribution in [-0.2, 0) is 0 Å². The van der Waals surface area contributed by atoms with E-state index in [9.17, 15) is 9.59 Å². The average molecular weight is 348 g/mol. The molecule has 2 aromatic rings. The Morgan fingerprint density at radius 3 is 2.85 bits per heavy atom. The molecule has 0 radical (unpaired) electrons. The third-order valence-electron chi connectivity index (χ3n) is 5.89. The first-order chi connectivity index (χ1) is 12.6. The molecule has 3 aliphatic rings. The highest BCUT2D eigenvalue weighted by atomic mass is 16.2. The zero-order valence-electron chi connectivity index (χ0n) is 14.5. The van der Waals surface area contributed by atoms with Crippen molar-refractivity contribution in [2.75, 3.05) is 5.32 Å². The predicted molar refractivity (Wildman–Crippen MR) is 96.8 cm³/mol. The van der Waals surface area contributed by atoms with Crippen molar-refractivity contribution in [3.05, 3.63) is 59.4 Å². The molecule has 2 N–H and O–H groups in total. The standard InChI is InChI=1S/C20H20N4O2/c1-12-6-7-13(11-21-12)19(26)24-14-8-9-17(24)20(10-14)22-16-5-3-2-4-15(16)18(25)23-20/h2-7,11,14,17,22H,8-10H2,1H3,(H,23,25)/t14-,17-,20+/m1/s1. The van der Waals surface area contributed by atoms with Crippen molar-refractivity contribution in [2.24, 2.45) is 0 Å². The van der Waals surface area contributed by atoms with Crippen LogP contribution in [0.25, 0.3) is 0 Å². The highest BCUT2D eigenvalue weighted by molar-refractivity contribution is 6.02. The van der Waals surface area contributed by atoms with Crippen LogP contribution in [0.3, 0.4) is 0 Å². The Morgan fingerprint density at radius 2 is 2.04 bits per heavy atom. The van der Waals surface area contributed by atoms with Crippen molar-refractivity contribution in [3.8, 4) is 0 Å². The Balaban J connectivity index is 1.49. The molecular weight excluding hydrogens is 328 g/mol. The molecule has 0 unspecified atom stereocenters. The second-order valence-corrected chi connectivity index (χ2v) is 7.45. The number of carbonyl (C=O) groups excluding carboxylic acids is 2. The molecule has 3 aliphatic heterocycles. The van der Waals surface area contributed by atoms with Crippen molar-refractivity contribution in [2.45, 2.75) is 43.9 Å². The fourth-order valence-electron chi connectivity index (χ4n) is 4.73. The van der Waals surface area contributed by atoms with Gasteiger partial charge in [0.2, 0.25) is 0 Å². The lowest BCUT2D eigenvalue weighted by molar-refractivity contribution is 0.0691. The SMILES string of the molecule is Cc1ccc(C(=O)N2[C@@H]3CC[C@@H]2[C@]2(C3)NC(=O)c3ccccc3N2)cn1. The summed E-state index contributed by atoms with van der Waals surface area (Å²) in [6.07, 6.45) is 4.22. The number of rotatable bonds is 1. The number of pyridine rings is 1. The molecule has 2 fully saturated rings. The number of nitrogens with one attached hydrogen (secondary N) is 2. The molecule has 6 nitrogen and oxygen atoms in total. The van der Waals surface area contributed by atoms with E-state index in [1.807, 2.05) is 48.2 Å². The number of amides is 2. The fraction of sp³-hybridized carbons (Fsp3) is 0.350. The van der Waals surface area contributed by atoms with Gasteiger partial charge in [0.1, 0.15) is 5.66 Å². The van der Waals surface area contributed by atoms with Gasteiger partial charge in [-0.2, -0.15) is 0 Å². The van der Waals surface area contributed by atoms with E-state index in [-0.39, 0.29) is 23.9 Å². The van der Waals surface area contributed by atoms with Gasteiger partial charge in [0.25, 0.3) is 11.8 Å². The summed E-state index contributed by atoms with van der Waals surface area (Å²) in [4.78, 5) is 32.0. The van der Waals surface area contributed by atoms with Crippen LogP contribution in [0, 0.1) is 6.92 Å². The van der Waals surface area contributed by atoms with Crippen LogP contribution in [0.4, 0.5) is 5.69 Å². The highest BCUT2D eigenvalue weighted by Gasteiger charge is 2.59. The van der Waals surface area contributed by atoms with E-state index < -0.39 is 5.66 Å². The third-order valence-corrected chi connectivity index (χ3v) is 5.89. The Hall–Kier alpha value is -2.89. The van der Waals surface area contributed by atoms with Gasteiger partial charge in [-0.25, -0.2) is 0 Å². The number of carbonyl (C=O) groups is 2. The van der Waals surface area contributed by atoms with Crippen molar-refractivity contribution < 1.29 is 9.59 Å². The van der Waals surface area contributed by atoms with Crippen LogP contribution in [0.5, 0.6) is 0 Å². The molecule has 4 heterocycles. The second kappa shape index (κ2) is 5.30. The summed E-state index contributed by atoms with van der Waals surface area (Å²) in [6.45, 7) is 1.90. The molecule has 1 aromatic carbocycles. The van der Waals surface area contributed by atoms with Crippen LogP contribution in [0.1, 0.15) is 45.7 Å². The Morgan fingerprint density at radius 1 is 1.19 bits per heavy atom. The molecule has 3 atom stereocenters. The number of hydrogen-bond acceptors (Lipinski definition) is 4. The summed E-state index contributed by atoms with van der Waals surface area (Å²) >= 11 is 0. The molecule has 1 spiro atoms. The van der Waals surface area contributed by atoms with E-state index in [2.05, 4.69) is 15.6 Å². The van der Waals surface area contributed by atoms with Gasteiger partial charge in [-0.1, -0.05) is 12.1 Å². The Bertz CT molecular complexity index is 910. The molecule has 26 heavy (non-hydrogen) atoms. The lowest BCUT2D eigenvalue weighted by atomic mass is 9.86. The topological polar surface area (TPSA) is 74.3 Å². The highest BCUT2D eigenvalue weighted by Crippen LogP contribution is 2.47. The van der Waals surface area contributed by atoms with E-state index >= 15 is 0 Å². The molecule has 2 bridgehead atoms. The molecule has 5 rings (SSSR count). The Labute approximate surface area is 151 Å². The van der Waals surface area contributed by atoms with E-state index in [0.717, 1.165) is 30.6 Å². The normalized spacial score (nSPS) is 28.7. The first-order valence-corrected chi connectivity index (χ1v) is 9.02. The molecular formula is C20H20N4O2. The van der Waals surface area contributed by atoms with Gasteiger partial charge >= 0.3 is 0 Å². The first kappa shape index (κ1) is 15.4. The lowest BCUT2D eigenvalue weighted by Crippen LogP contribution is -2.64. The number of benzene rings is 1. The minimum atomic E-state index is -0.581. The van der Waals surface area contributed by atoms with Crippen LogP contribution < -0.4 is 10.6 Å². The van der Waals surface area contributed by atoms with Gasteiger partial charge in [-0.05, 0) is 44.0 Å². The largest absolute Gasteiger partial charge is 0.360 e. The van der Waals surface area contributed by atoms with Crippen LogP contribution >= 0.6 is 0 Å². The monoisotopic (exact) mass is 348 g/mol. The van der Waals surface area contributed by atoms with Crippen molar-refractivity contribution in [1.82, 2.24) is 15.2 Å². The maximum absolute atomic E-state index is 13.1. The lowest BCUT2D eigenvalue weighted by Gasteiger charge is -2.43. The maximum atomic E-state index is 13.1. The third kappa shape index (κ3) is 2.08. The van der Waals surface area contributed by atoms with Crippen molar-refractivity contribution >= 4 is 17.5 Å². The number of anilines is 1. The van der Waals surface area contributed by atoms with E-state index in [0.29, 0.717) is 11.1 Å². The first-order valence-electron chi connectivity index (χ1n) is 9.02. The summed E-state index contributed by atoms with van der Waals surface area (Å²) in [6, 6.07) is 11.3. The number of fused-ring (bicyclic) bond motifs is 4. The molecule has 2 saturated heterocycles. The summed E-state index contributed by atoms with van der Waals surface area (Å²) < 4.78 is 0. The van der Waals surface area contributed by atoms with Crippen LogP contribution in [-0.4, -0.2) is 39.4 Å². The molecule has 132 valence electrons. The van der Waals surface area contributed by atoms with Gasteiger partial charge in [-0.15, -0.1) is 0 Å². The minimum Gasteiger partial charge on any atom is -0.360 e. The number of hydrogen-bond donors (Lipinski definition) is 2. The molecule has 0 aliphatic carbocycles.